The third kappa shape index (κ3) is 8.19. The lowest BCUT2D eigenvalue weighted by molar-refractivity contribution is -0.0715. The van der Waals surface area contributed by atoms with Gasteiger partial charge in [0.15, 0.2) is 0 Å². The molecule has 0 bridgehead atoms. The number of rotatable bonds is 12. The standard InChI is InChI=1S/C14H25N3O9S/c18-7-10(20)11(21)9(19)6-15-12-8(13(22)17-14(23)16-12)4-2-1-3-5-27(24,25)26/h9-11,18-21H,1-7H2,(H,24,25,26)(H3,15,16,17,22,23)/t9-,10+,11-/m0/s1. The summed E-state index contributed by atoms with van der Waals surface area (Å²) in [6.45, 7) is -1.08. The molecule has 0 aliphatic rings. The van der Waals surface area contributed by atoms with Crippen molar-refractivity contribution in [3.05, 3.63) is 26.4 Å². The van der Waals surface area contributed by atoms with Crippen LogP contribution in [0.2, 0.25) is 0 Å². The third-order valence-electron chi connectivity index (χ3n) is 3.83. The third-order valence-corrected chi connectivity index (χ3v) is 4.64. The number of H-pyrrole nitrogens is 2. The van der Waals surface area contributed by atoms with Crippen LogP contribution in [0.25, 0.3) is 0 Å². The molecular weight excluding hydrogens is 386 g/mol. The van der Waals surface area contributed by atoms with Crippen molar-refractivity contribution < 1.29 is 33.4 Å². The predicted octanol–water partition coefficient (Wildman–Crippen LogP) is -2.85. The van der Waals surface area contributed by atoms with E-state index >= 15 is 0 Å². The molecule has 1 aromatic rings. The van der Waals surface area contributed by atoms with Gasteiger partial charge in [-0.15, -0.1) is 0 Å². The molecule has 0 unspecified atom stereocenters. The zero-order valence-electron chi connectivity index (χ0n) is 14.5. The van der Waals surface area contributed by atoms with Crippen LogP contribution in [-0.4, -0.2) is 80.6 Å². The van der Waals surface area contributed by atoms with E-state index in [9.17, 15) is 33.3 Å². The summed E-state index contributed by atoms with van der Waals surface area (Å²) in [5, 5.41) is 40.1. The Morgan fingerprint density at radius 3 is 2.26 bits per heavy atom. The van der Waals surface area contributed by atoms with E-state index < -0.39 is 52.0 Å². The molecule has 1 aromatic heterocycles. The molecule has 0 fully saturated rings. The Morgan fingerprint density at radius 2 is 1.67 bits per heavy atom. The van der Waals surface area contributed by atoms with Gasteiger partial charge in [0, 0.05) is 6.54 Å². The van der Waals surface area contributed by atoms with Crippen molar-refractivity contribution in [2.75, 3.05) is 24.2 Å². The maximum absolute atomic E-state index is 12.0. The molecule has 156 valence electrons. The van der Waals surface area contributed by atoms with Gasteiger partial charge in [0.1, 0.15) is 18.0 Å². The normalized spacial score (nSPS) is 15.3. The number of aliphatic hydroxyl groups is 4. The first-order valence-electron chi connectivity index (χ1n) is 8.24. The molecule has 8 N–H and O–H groups in total. The molecule has 13 heteroatoms. The second-order valence-electron chi connectivity index (χ2n) is 6.05. The van der Waals surface area contributed by atoms with Gasteiger partial charge in [0.25, 0.3) is 15.7 Å². The first-order valence-corrected chi connectivity index (χ1v) is 9.85. The highest BCUT2D eigenvalue weighted by atomic mass is 32.2. The zero-order valence-corrected chi connectivity index (χ0v) is 15.3. The van der Waals surface area contributed by atoms with E-state index in [4.69, 9.17) is 9.66 Å². The minimum absolute atomic E-state index is 0.0169. The van der Waals surface area contributed by atoms with Crippen LogP contribution in [0.4, 0.5) is 5.82 Å². The van der Waals surface area contributed by atoms with E-state index in [-0.39, 0.29) is 30.8 Å². The molecule has 0 saturated carbocycles. The lowest BCUT2D eigenvalue weighted by Gasteiger charge is -2.22. The molecular formula is C14H25N3O9S. The molecule has 0 aliphatic heterocycles. The van der Waals surface area contributed by atoms with Crippen LogP contribution >= 0.6 is 0 Å². The first-order chi connectivity index (χ1) is 12.5. The summed E-state index contributed by atoms with van der Waals surface area (Å²) >= 11 is 0. The van der Waals surface area contributed by atoms with Crippen molar-refractivity contribution in [2.45, 2.75) is 44.0 Å². The monoisotopic (exact) mass is 411 g/mol. The Balaban J connectivity index is 2.74. The quantitative estimate of drug-likeness (QED) is 0.130. The zero-order chi connectivity index (χ0) is 20.6. The summed E-state index contributed by atoms with van der Waals surface area (Å²) in [5.74, 6) is -0.375. The van der Waals surface area contributed by atoms with Gasteiger partial charge in [-0.1, -0.05) is 6.42 Å². The molecule has 12 nitrogen and oxygen atoms in total. The Labute approximate surface area is 154 Å². The maximum Gasteiger partial charge on any atom is 0.327 e. The van der Waals surface area contributed by atoms with E-state index in [0.717, 1.165) is 0 Å². The number of nitrogens with one attached hydrogen (secondary N) is 3. The second kappa shape index (κ2) is 10.5. The van der Waals surface area contributed by atoms with E-state index in [1.54, 1.807) is 0 Å². The minimum atomic E-state index is -4.04. The fourth-order valence-electron chi connectivity index (χ4n) is 2.36. The molecule has 1 rings (SSSR count). The van der Waals surface area contributed by atoms with Crippen molar-refractivity contribution in [1.82, 2.24) is 9.97 Å². The van der Waals surface area contributed by atoms with Crippen molar-refractivity contribution >= 4 is 15.9 Å². The highest BCUT2D eigenvalue weighted by Gasteiger charge is 2.24. The average Bonchev–Trinajstić information content (AvgIpc) is 2.58. The van der Waals surface area contributed by atoms with Crippen molar-refractivity contribution in [1.29, 1.82) is 0 Å². The summed E-state index contributed by atoms with van der Waals surface area (Å²) in [5.41, 5.74) is -1.30. The molecule has 0 saturated heterocycles. The number of aliphatic hydroxyl groups excluding tert-OH is 4. The van der Waals surface area contributed by atoms with Gasteiger partial charge < -0.3 is 25.7 Å². The van der Waals surface area contributed by atoms with Crippen LogP contribution in [0.15, 0.2) is 9.59 Å². The van der Waals surface area contributed by atoms with Crippen LogP contribution in [0.5, 0.6) is 0 Å². The van der Waals surface area contributed by atoms with Crippen LogP contribution in [0, 0.1) is 0 Å². The second-order valence-corrected chi connectivity index (χ2v) is 7.62. The van der Waals surface area contributed by atoms with Gasteiger partial charge >= 0.3 is 5.69 Å². The van der Waals surface area contributed by atoms with Crippen LogP contribution in [0.3, 0.4) is 0 Å². The highest BCUT2D eigenvalue weighted by Crippen LogP contribution is 2.11. The van der Waals surface area contributed by atoms with Gasteiger partial charge in [-0.05, 0) is 19.3 Å². The van der Waals surface area contributed by atoms with E-state index in [1.165, 1.54) is 0 Å². The maximum atomic E-state index is 12.0. The number of aromatic amines is 2. The molecule has 0 radical (unpaired) electrons. The summed E-state index contributed by atoms with van der Waals surface area (Å²) in [4.78, 5) is 27.8. The lowest BCUT2D eigenvalue weighted by atomic mass is 10.1. The first kappa shape index (κ1) is 23.3. The minimum Gasteiger partial charge on any atom is -0.394 e. The predicted molar refractivity (Wildman–Crippen MR) is 95.2 cm³/mol. The van der Waals surface area contributed by atoms with Gasteiger partial charge in [0.2, 0.25) is 0 Å². The highest BCUT2D eigenvalue weighted by molar-refractivity contribution is 7.85. The summed E-state index contributed by atoms with van der Waals surface area (Å²) < 4.78 is 30.0. The number of hydrogen-bond acceptors (Lipinski definition) is 9. The topological polar surface area (TPSA) is 213 Å². The Bertz CT molecular complexity index is 805. The molecule has 0 spiro atoms. The summed E-state index contributed by atoms with van der Waals surface area (Å²) in [7, 11) is -4.04. The average molecular weight is 411 g/mol. The lowest BCUT2D eigenvalue weighted by Crippen LogP contribution is -2.43. The Hall–Kier alpha value is -1.77. The van der Waals surface area contributed by atoms with Crippen LogP contribution < -0.4 is 16.6 Å². The SMILES string of the molecule is O=c1[nH]c(NC[C@H](O)[C@H](O)[C@H](O)CO)c(CCCCCS(=O)(=O)O)c(=O)[nH]1. The summed E-state index contributed by atoms with van der Waals surface area (Å²) in [6.07, 6.45) is -3.50. The number of anilines is 1. The number of unbranched alkanes of at least 4 members (excludes halogenated alkanes) is 2. The molecule has 0 aromatic carbocycles. The van der Waals surface area contributed by atoms with Gasteiger partial charge in [0.05, 0.1) is 24.0 Å². The van der Waals surface area contributed by atoms with Gasteiger partial charge in [-0.2, -0.15) is 8.42 Å². The van der Waals surface area contributed by atoms with Crippen molar-refractivity contribution in [3.63, 3.8) is 0 Å². The molecule has 3 atom stereocenters. The Kier molecular flexibility index (Phi) is 9.08. The Morgan fingerprint density at radius 1 is 1.00 bits per heavy atom. The molecule has 0 amide bonds. The smallest absolute Gasteiger partial charge is 0.327 e. The molecule has 1 heterocycles. The molecule has 27 heavy (non-hydrogen) atoms. The van der Waals surface area contributed by atoms with E-state index in [1.807, 2.05) is 0 Å². The van der Waals surface area contributed by atoms with Crippen LogP contribution in [-0.2, 0) is 16.5 Å². The fourth-order valence-corrected chi connectivity index (χ4v) is 2.93. The largest absolute Gasteiger partial charge is 0.394 e. The fraction of sp³-hybridized carbons (Fsp3) is 0.714. The van der Waals surface area contributed by atoms with E-state index in [2.05, 4.69) is 15.3 Å². The molecule has 0 aliphatic carbocycles. The summed E-state index contributed by atoms with van der Waals surface area (Å²) in [6, 6.07) is 0. The number of aromatic nitrogens is 2. The van der Waals surface area contributed by atoms with E-state index in [0.29, 0.717) is 12.8 Å². The van der Waals surface area contributed by atoms with Crippen molar-refractivity contribution in [3.8, 4) is 0 Å². The van der Waals surface area contributed by atoms with Crippen LogP contribution in [0.1, 0.15) is 24.8 Å². The van der Waals surface area contributed by atoms with Gasteiger partial charge in [-0.3, -0.25) is 19.3 Å². The number of hydrogen-bond donors (Lipinski definition) is 8. The van der Waals surface area contributed by atoms with Crippen molar-refractivity contribution in [2.24, 2.45) is 0 Å². The van der Waals surface area contributed by atoms with Gasteiger partial charge in [-0.25, -0.2) is 4.79 Å².